The Kier molecular flexibility index (Phi) is 4.70. The lowest BCUT2D eigenvalue weighted by atomic mass is 10.1. The van der Waals surface area contributed by atoms with Gasteiger partial charge >= 0.3 is 0 Å². The maximum absolute atomic E-state index is 6.40. The van der Waals surface area contributed by atoms with Crippen molar-refractivity contribution in [3.05, 3.63) is 127 Å². The molecule has 1 unspecified atom stereocenters. The van der Waals surface area contributed by atoms with Crippen molar-refractivity contribution < 1.29 is 9.43 Å². The fraction of sp³-hybridized carbons (Fsp3) is 0.0606. The number of rotatable bonds is 4. The van der Waals surface area contributed by atoms with Crippen LogP contribution in [0.1, 0.15) is 18.5 Å². The second-order valence-corrected chi connectivity index (χ2v) is 9.84. The monoisotopic (exact) mass is 506 g/mol. The molecule has 3 heterocycles. The first kappa shape index (κ1) is 21.8. The highest BCUT2D eigenvalue weighted by Crippen LogP contribution is 2.40. The van der Waals surface area contributed by atoms with E-state index in [1.807, 2.05) is 42.5 Å². The molecule has 0 saturated carbocycles. The molecule has 0 fully saturated rings. The minimum Gasteiger partial charge on any atom is -0.457 e. The highest BCUT2D eigenvalue weighted by atomic mass is 16.5. The van der Waals surface area contributed by atoms with Crippen LogP contribution in [-0.2, 0) is 0 Å². The van der Waals surface area contributed by atoms with E-state index < -0.39 is 0 Å². The van der Waals surface area contributed by atoms with Crippen molar-refractivity contribution in [2.75, 3.05) is 0 Å². The molecule has 0 spiro atoms. The molecule has 1 atom stereocenters. The summed E-state index contributed by atoms with van der Waals surface area (Å²) in [5.74, 6) is 2.39. The minimum atomic E-state index is 0.161. The minimum absolute atomic E-state index is 0.161. The summed E-state index contributed by atoms with van der Waals surface area (Å²) in [5.41, 5.74) is 8.50. The molecule has 0 saturated heterocycles. The van der Waals surface area contributed by atoms with Crippen LogP contribution < -0.4 is 4.74 Å². The Bertz CT molecular complexity index is 2080. The topological polar surface area (TPSA) is 46.8 Å². The zero-order chi connectivity index (χ0) is 25.9. The van der Waals surface area contributed by atoms with Crippen molar-refractivity contribution in [2.45, 2.75) is 13.0 Å². The fourth-order valence-electron chi connectivity index (χ4n) is 5.66. The largest absolute Gasteiger partial charge is 0.457 e. The molecule has 0 N–H and O–H groups in total. The van der Waals surface area contributed by atoms with Crippen LogP contribution in [0.3, 0.4) is 0 Å². The van der Waals surface area contributed by atoms with Crippen LogP contribution >= 0.6 is 0 Å². The molecule has 2 aromatic heterocycles. The van der Waals surface area contributed by atoms with Crippen molar-refractivity contribution in [3.63, 3.8) is 0 Å². The van der Waals surface area contributed by atoms with Gasteiger partial charge in [0.1, 0.15) is 17.2 Å². The van der Waals surface area contributed by atoms with Crippen molar-refractivity contribution in [3.8, 4) is 17.2 Å². The third-order valence-electron chi connectivity index (χ3n) is 7.47. The van der Waals surface area contributed by atoms with Crippen LogP contribution in [0.15, 0.2) is 126 Å². The van der Waals surface area contributed by atoms with Gasteiger partial charge in [-0.05, 0) is 54.6 Å². The molecule has 6 nitrogen and oxygen atoms in total. The maximum atomic E-state index is 6.40. The standard InChI is InChI=1S/C33H24N5O/c1-22-27-14-2-3-15-28(27)35-38(22)24-11-9-13-26(21-24)39-25-12-8-10-23(20-25)36-31-18-6-7-19-32(31)37-30-17-5-4-16-29(30)34-33(36)37/h2-22H,1H3/q+1. The first-order valence-corrected chi connectivity index (χ1v) is 13.1. The van der Waals surface area contributed by atoms with Crippen LogP contribution in [0.25, 0.3) is 33.5 Å². The molecule has 8 rings (SSSR count). The number of imidazole rings is 2. The van der Waals surface area contributed by atoms with E-state index in [1.165, 1.54) is 5.56 Å². The molecule has 1 aliphatic rings. The van der Waals surface area contributed by atoms with Gasteiger partial charge in [-0.3, -0.25) is 8.97 Å². The second kappa shape index (κ2) is 8.39. The van der Waals surface area contributed by atoms with Crippen molar-refractivity contribution in [1.29, 1.82) is 0 Å². The van der Waals surface area contributed by atoms with Crippen LogP contribution in [-0.4, -0.2) is 18.6 Å². The molecular weight excluding hydrogens is 482 g/mol. The summed E-state index contributed by atoms with van der Waals surface area (Å²) in [7, 11) is 0. The fourth-order valence-corrected chi connectivity index (χ4v) is 5.66. The highest BCUT2D eigenvalue weighted by Gasteiger charge is 2.32. The summed E-state index contributed by atoms with van der Waals surface area (Å²) in [6.45, 7) is 2.17. The van der Waals surface area contributed by atoms with E-state index in [0.717, 1.165) is 56.4 Å². The van der Waals surface area contributed by atoms with Gasteiger partial charge in [0.2, 0.25) is 17.5 Å². The average Bonchev–Trinajstić information content (AvgIpc) is 3.62. The highest BCUT2D eigenvalue weighted by molar-refractivity contribution is 5.92. The van der Waals surface area contributed by atoms with E-state index >= 15 is 0 Å². The lowest BCUT2D eigenvalue weighted by Crippen LogP contribution is -2.04. The Morgan fingerprint density at radius 2 is 1.41 bits per heavy atom. The Labute approximate surface area is 224 Å². The van der Waals surface area contributed by atoms with Gasteiger partial charge in [-0.2, -0.15) is 0 Å². The second-order valence-electron chi connectivity index (χ2n) is 9.84. The van der Waals surface area contributed by atoms with Gasteiger partial charge in [0.15, 0.2) is 0 Å². The van der Waals surface area contributed by atoms with Gasteiger partial charge in [-0.15, -0.1) is 0 Å². The smallest absolute Gasteiger partial charge is 0.236 e. The molecule has 186 valence electrons. The van der Waals surface area contributed by atoms with Crippen LogP contribution in [0.4, 0.5) is 11.4 Å². The molecule has 0 amide bonds. The molecular formula is C33H24N5O+. The molecule has 7 aromatic rings. The summed E-state index contributed by atoms with van der Waals surface area (Å²) in [6.07, 6.45) is 0. The molecule has 0 bridgehead atoms. The number of hydrogen-bond acceptors (Lipinski definition) is 3. The van der Waals surface area contributed by atoms with Gasteiger partial charge < -0.3 is 4.74 Å². The molecule has 39 heavy (non-hydrogen) atoms. The van der Waals surface area contributed by atoms with Gasteiger partial charge in [0.25, 0.3) is 0 Å². The van der Waals surface area contributed by atoms with Gasteiger partial charge in [0, 0.05) is 24.2 Å². The number of hydrogen-bond donors (Lipinski definition) is 0. The van der Waals surface area contributed by atoms with E-state index in [0.29, 0.717) is 0 Å². The summed E-state index contributed by atoms with van der Waals surface area (Å²) >= 11 is 0. The number of fused-ring (bicyclic) bond motifs is 6. The third-order valence-corrected chi connectivity index (χ3v) is 7.47. The van der Waals surface area contributed by atoms with Crippen LogP contribution in [0.5, 0.6) is 11.5 Å². The van der Waals surface area contributed by atoms with E-state index in [-0.39, 0.29) is 6.04 Å². The average molecular weight is 507 g/mol. The number of aromatic nitrogens is 3. The Hall–Kier alpha value is -5.23. The van der Waals surface area contributed by atoms with Crippen molar-refractivity contribution in [2.24, 2.45) is 5.11 Å². The number of benzene rings is 5. The van der Waals surface area contributed by atoms with E-state index in [1.54, 1.807) is 0 Å². The number of azo groups is 2. The maximum Gasteiger partial charge on any atom is 0.236 e. The van der Waals surface area contributed by atoms with Crippen LogP contribution in [0, 0.1) is 0 Å². The zero-order valence-electron chi connectivity index (χ0n) is 21.3. The summed E-state index contributed by atoms with van der Waals surface area (Å²) in [5, 5.41) is 4.84. The first-order chi connectivity index (χ1) is 19.2. The summed E-state index contributed by atoms with van der Waals surface area (Å²) in [4.78, 5) is 4.99. The summed E-state index contributed by atoms with van der Waals surface area (Å²) < 4.78 is 12.9. The normalized spacial score (nSPS) is 14.7. The first-order valence-electron chi connectivity index (χ1n) is 13.1. The SMILES string of the molecule is CC1c2ccccc2N=[N+]1c1cccc(Oc2cccc(-n3c4ccccc4n4c5ccccc5nc34)c2)c1. The zero-order valence-corrected chi connectivity index (χ0v) is 21.3. The Morgan fingerprint density at radius 3 is 2.28 bits per heavy atom. The van der Waals surface area contributed by atoms with Crippen LogP contribution in [0.2, 0.25) is 0 Å². The molecule has 0 aliphatic carbocycles. The molecule has 6 heteroatoms. The lowest BCUT2D eigenvalue weighted by molar-refractivity contribution is -0.543. The molecule has 0 radical (unpaired) electrons. The van der Waals surface area contributed by atoms with E-state index in [2.05, 4.69) is 99.5 Å². The van der Waals surface area contributed by atoms with Gasteiger partial charge in [-0.25, -0.2) is 4.98 Å². The third kappa shape index (κ3) is 3.38. The summed E-state index contributed by atoms with van der Waals surface area (Å²) in [6, 6.07) is 41.4. The Balaban J connectivity index is 1.19. The number of ether oxygens (including phenoxy) is 1. The number of nitrogens with zero attached hydrogens (tertiary/aromatic N) is 5. The quantitative estimate of drug-likeness (QED) is 0.224. The lowest BCUT2D eigenvalue weighted by Gasteiger charge is -2.10. The predicted octanol–water partition coefficient (Wildman–Crippen LogP) is 8.73. The van der Waals surface area contributed by atoms with E-state index in [9.17, 15) is 0 Å². The molecule has 1 aliphatic heterocycles. The van der Waals surface area contributed by atoms with Gasteiger partial charge in [-0.1, -0.05) is 53.2 Å². The predicted molar refractivity (Wildman–Crippen MR) is 153 cm³/mol. The van der Waals surface area contributed by atoms with Gasteiger partial charge in [0.05, 0.1) is 39.4 Å². The molecule has 5 aromatic carbocycles. The van der Waals surface area contributed by atoms with Crippen molar-refractivity contribution in [1.82, 2.24) is 14.0 Å². The van der Waals surface area contributed by atoms with E-state index in [4.69, 9.17) is 14.8 Å². The van der Waals surface area contributed by atoms with Crippen molar-refractivity contribution >= 4 is 39.2 Å². The Morgan fingerprint density at radius 1 is 0.692 bits per heavy atom. The number of para-hydroxylation sites is 4.